The van der Waals surface area contributed by atoms with Gasteiger partial charge in [-0.05, 0) is 27.2 Å². The number of hydrogen-bond acceptors (Lipinski definition) is 3. The van der Waals surface area contributed by atoms with Crippen molar-refractivity contribution in [3.05, 3.63) is 22.8 Å². The molecule has 0 radical (unpaired) electrons. The summed E-state index contributed by atoms with van der Waals surface area (Å²) in [5, 5.41) is 8.64. The molecule has 1 heterocycles. The Morgan fingerprint density at radius 1 is 1.24 bits per heavy atom. The van der Waals surface area contributed by atoms with Crippen LogP contribution in [0.2, 0.25) is 0 Å². The fourth-order valence-electron chi connectivity index (χ4n) is 1.52. The van der Waals surface area contributed by atoms with Crippen molar-refractivity contribution in [3.63, 3.8) is 0 Å². The van der Waals surface area contributed by atoms with Crippen LogP contribution in [-0.2, 0) is 14.4 Å². The zero-order chi connectivity index (χ0) is 13.2. The third kappa shape index (κ3) is 2.61. The first-order valence-electron chi connectivity index (χ1n) is 5.30. The maximum absolute atomic E-state index is 11.6. The lowest BCUT2D eigenvalue weighted by atomic mass is 10.2. The first-order valence-corrected chi connectivity index (χ1v) is 5.30. The van der Waals surface area contributed by atoms with E-state index in [2.05, 4.69) is 0 Å². The van der Waals surface area contributed by atoms with Crippen molar-refractivity contribution in [1.29, 1.82) is 0 Å². The van der Waals surface area contributed by atoms with Gasteiger partial charge in [-0.25, -0.2) is 4.79 Å². The lowest BCUT2D eigenvalue weighted by molar-refractivity contribution is -0.137. The number of imide groups is 1. The normalized spacial score (nSPS) is 17.1. The number of aliphatic carboxylic acids is 1. The summed E-state index contributed by atoms with van der Waals surface area (Å²) >= 11 is 0. The molecule has 1 N–H and O–H groups in total. The van der Waals surface area contributed by atoms with Crippen LogP contribution in [0.3, 0.4) is 0 Å². The molecule has 92 valence electrons. The average molecular weight is 237 g/mol. The Kier molecular flexibility index (Phi) is 3.83. The van der Waals surface area contributed by atoms with Crippen molar-refractivity contribution in [2.75, 3.05) is 6.54 Å². The van der Waals surface area contributed by atoms with E-state index in [1.807, 2.05) is 0 Å². The molecule has 0 atom stereocenters. The van der Waals surface area contributed by atoms with Crippen LogP contribution >= 0.6 is 0 Å². The maximum atomic E-state index is 11.6. The van der Waals surface area contributed by atoms with Gasteiger partial charge >= 0.3 is 5.97 Å². The molecule has 0 saturated carbocycles. The monoisotopic (exact) mass is 237 g/mol. The van der Waals surface area contributed by atoms with Gasteiger partial charge in [0.25, 0.3) is 11.8 Å². The van der Waals surface area contributed by atoms with Gasteiger partial charge in [0.05, 0.1) is 0 Å². The predicted molar refractivity (Wildman–Crippen MR) is 61.1 cm³/mol. The van der Waals surface area contributed by atoms with Crippen molar-refractivity contribution >= 4 is 17.8 Å². The third-order valence-corrected chi connectivity index (χ3v) is 2.83. The highest BCUT2D eigenvalue weighted by atomic mass is 16.4. The summed E-state index contributed by atoms with van der Waals surface area (Å²) in [5.74, 6) is -1.56. The fraction of sp³-hybridized carbons (Fsp3) is 0.417. The fourth-order valence-corrected chi connectivity index (χ4v) is 1.52. The van der Waals surface area contributed by atoms with Gasteiger partial charge in [0, 0.05) is 23.3 Å². The molecule has 0 aromatic heterocycles. The zero-order valence-electron chi connectivity index (χ0n) is 10.1. The van der Waals surface area contributed by atoms with Crippen molar-refractivity contribution in [3.8, 4) is 0 Å². The predicted octanol–water partition coefficient (Wildman–Crippen LogP) is 1.11. The second-order valence-electron chi connectivity index (χ2n) is 3.99. The van der Waals surface area contributed by atoms with E-state index < -0.39 is 5.97 Å². The van der Waals surface area contributed by atoms with E-state index in [1.165, 1.54) is 13.0 Å². The summed E-state index contributed by atoms with van der Waals surface area (Å²) in [7, 11) is 0. The topological polar surface area (TPSA) is 74.7 Å². The van der Waals surface area contributed by atoms with Crippen LogP contribution in [-0.4, -0.2) is 34.3 Å². The molecule has 0 bridgehead atoms. The number of carbonyl (C=O) groups is 3. The Morgan fingerprint density at radius 3 is 2.12 bits per heavy atom. The maximum Gasteiger partial charge on any atom is 0.330 e. The summed E-state index contributed by atoms with van der Waals surface area (Å²) in [6.45, 7) is 4.93. The minimum absolute atomic E-state index is 0.213. The molecule has 5 heteroatoms. The number of amides is 2. The number of carboxylic acids is 1. The van der Waals surface area contributed by atoms with Crippen LogP contribution in [0.1, 0.15) is 27.2 Å². The van der Waals surface area contributed by atoms with E-state index in [1.54, 1.807) is 13.8 Å². The van der Waals surface area contributed by atoms with Gasteiger partial charge in [-0.1, -0.05) is 6.08 Å². The van der Waals surface area contributed by atoms with Crippen molar-refractivity contribution in [2.45, 2.75) is 27.2 Å². The summed E-state index contributed by atoms with van der Waals surface area (Å²) in [4.78, 5) is 35.0. The van der Waals surface area contributed by atoms with Crippen molar-refractivity contribution in [2.24, 2.45) is 0 Å². The molecule has 2 amide bonds. The number of rotatable bonds is 4. The smallest absolute Gasteiger partial charge is 0.330 e. The van der Waals surface area contributed by atoms with E-state index in [0.717, 1.165) is 4.90 Å². The molecule has 1 aliphatic rings. The van der Waals surface area contributed by atoms with Crippen LogP contribution < -0.4 is 0 Å². The van der Waals surface area contributed by atoms with E-state index in [0.29, 0.717) is 17.6 Å². The van der Waals surface area contributed by atoms with E-state index in [4.69, 9.17) is 5.11 Å². The highest BCUT2D eigenvalue weighted by Crippen LogP contribution is 2.19. The quantitative estimate of drug-likeness (QED) is 0.587. The number of carbonyl (C=O) groups excluding carboxylic acids is 2. The molecule has 0 spiro atoms. The standard InChI is InChI=1S/C12H15NO4/c1-7(12(16)17)5-4-6-13-10(14)8(2)9(3)11(13)15/h5H,4,6H2,1-3H3,(H,16,17). The Labute approximate surface area is 99.4 Å². The molecule has 0 aromatic rings. The third-order valence-electron chi connectivity index (χ3n) is 2.83. The van der Waals surface area contributed by atoms with Crippen LogP contribution in [0.5, 0.6) is 0 Å². The van der Waals surface area contributed by atoms with Gasteiger partial charge in [-0.2, -0.15) is 0 Å². The summed E-state index contributed by atoms with van der Waals surface area (Å²) in [6, 6.07) is 0. The lowest BCUT2D eigenvalue weighted by Crippen LogP contribution is -2.32. The average Bonchev–Trinajstić information content (AvgIpc) is 2.46. The largest absolute Gasteiger partial charge is 0.478 e. The summed E-state index contributed by atoms with van der Waals surface area (Å²) in [5.41, 5.74) is 1.15. The summed E-state index contributed by atoms with van der Waals surface area (Å²) < 4.78 is 0. The van der Waals surface area contributed by atoms with Crippen molar-refractivity contribution < 1.29 is 19.5 Å². The second-order valence-corrected chi connectivity index (χ2v) is 3.99. The molecule has 17 heavy (non-hydrogen) atoms. The molecule has 1 aliphatic heterocycles. The van der Waals surface area contributed by atoms with Gasteiger partial charge in [-0.3, -0.25) is 14.5 Å². The molecule has 0 fully saturated rings. The Morgan fingerprint density at radius 2 is 1.71 bits per heavy atom. The molecule has 0 saturated heterocycles. The van der Waals surface area contributed by atoms with Gasteiger partial charge in [0.15, 0.2) is 0 Å². The van der Waals surface area contributed by atoms with E-state index >= 15 is 0 Å². The Balaban J connectivity index is 2.62. The Bertz CT molecular complexity index is 421. The van der Waals surface area contributed by atoms with Crippen LogP contribution in [0.4, 0.5) is 0 Å². The highest BCUT2D eigenvalue weighted by molar-refractivity contribution is 6.18. The first-order chi connectivity index (χ1) is 7.86. The van der Waals surface area contributed by atoms with Gasteiger partial charge in [-0.15, -0.1) is 0 Å². The minimum Gasteiger partial charge on any atom is -0.478 e. The SMILES string of the molecule is CC(=CCCN1C(=O)C(C)=C(C)C1=O)C(=O)O. The van der Waals surface area contributed by atoms with Crippen LogP contribution in [0.15, 0.2) is 22.8 Å². The number of carboxylic acid groups (broad SMARTS) is 1. The zero-order valence-corrected chi connectivity index (χ0v) is 10.1. The number of hydrogen-bond donors (Lipinski definition) is 1. The van der Waals surface area contributed by atoms with Crippen molar-refractivity contribution in [1.82, 2.24) is 4.90 Å². The molecule has 0 aromatic carbocycles. The van der Waals surface area contributed by atoms with Gasteiger partial charge in [0.1, 0.15) is 0 Å². The molecule has 0 aliphatic carbocycles. The van der Waals surface area contributed by atoms with E-state index in [9.17, 15) is 14.4 Å². The molecule has 5 nitrogen and oxygen atoms in total. The summed E-state index contributed by atoms with van der Waals surface area (Å²) in [6.07, 6.45) is 1.86. The molecular weight excluding hydrogens is 222 g/mol. The lowest BCUT2D eigenvalue weighted by Gasteiger charge is -2.13. The van der Waals surface area contributed by atoms with Crippen LogP contribution in [0.25, 0.3) is 0 Å². The van der Waals surface area contributed by atoms with Gasteiger partial charge in [0.2, 0.25) is 0 Å². The first kappa shape index (κ1) is 13.2. The van der Waals surface area contributed by atoms with Gasteiger partial charge < -0.3 is 5.11 Å². The molecule has 0 unspecified atom stereocenters. The molecule has 1 rings (SSSR count). The number of nitrogens with zero attached hydrogens (tertiary/aromatic N) is 1. The Hall–Kier alpha value is -1.91. The second kappa shape index (κ2) is 4.95. The van der Waals surface area contributed by atoms with E-state index in [-0.39, 0.29) is 23.9 Å². The minimum atomic E-state index is -0.991. The molecular formula is C12H15NO4. The van der Waals surface area contributed by atoms with Crippen LogP contribution in [0, 0.1) is 0 Å². The highest BCUT2D eigenvalue weighted by Gasteiger charge is 2.32.